The van der Waals surface area contributed by atoms with Gasteiger partial charge in [-0.05, 0) is 31.2 Å². The van der Waals surface area contributed by atoms with Gasteiger partial charge in [0.2, 0.25) is 0 Å². The topological polar surface area (TPSA) is 96.4 Å². The summed E-state index contributed by atoms with van der Waals surface area (Å²) in [6, 6.07) is 13.2. The molecule has 7 nitrogen and oxygen atoms in total. The summed E-state index contributed by atoms with van der Waals surface area (Å²) in [6.07, 6.45) is 0. The molecule has 0 amide bonds. The fourth-order valence-electron chi connectivity index (χ4n) is 2.48. The SMILES string of the molecule is COc1cc(OC)cc(-c2cc(N)n(S(=O)(=O)c3ccc(C)cc3)n2)c1. The Morgan fingerprint density at radius 1 is 0.962 bits per heavy atom. The Morgan fingerprint density at radius 2 is 1.54 bits per heavy atom. The summed E-state index contributed by atoms with van der Waals surface area (Å²) in [5.74, 6) is 1.14. The monoisotopic (exact) mass is 373 g/mol. The zero-order valence-corrected chi connectivity index (χ0v) is 15.4. The summed E-state index contributed by atoms with van der Waals surface area (Å²) in [5.41, 5.74) is 7.92. The molecule has 0 unspecified atom stereocenters. The summed E-state index contributed by atoms with van der Waals surface area (Å²) in [4.78, 5) is 0.118. The molecule has 26 heavy (non-hydrogen) atoms. The zero-order chi connectivity index (χ0) is 18.9. The molecule has 8 heteroatoms. The van der Waals surface area contributed by atoms with Crippen LogP contribution in [0.1, 0.15) is 5.56 Å². The van der Waals surface area contributed by atoms with Crippen LogP contribution in [0.4, 0.5) is 5.82 Å². The Morgan fingerprint density at radius 3 is 2.08 bits per heavy atom. The van der Waals surface area contributed by atoms with Crippen molar-refractivity contribution >= 4 is 15.8 Å². The Bertz CT molecular complexity index is 1020. The standard InChI is InChI=1S/C18H19N3O4S/c1-12-4-6-16(7-5-12)26(22,23)21-18(19)11-17(20-21)13-8-14(24-2)10-15(9-13)25-3/h4-11H,19H2,1-3H3. The number of hydrogen-bond acceptors (Lipinski definition) is 6. The van der Waals surface area contributed by atoms with Crippen LogP contribution < -0.4 is 15.2 Å². The molecule has 0 aliphatic rings. The van der Waals surface area contributed by atoms with Crippen LogP contribution in [0.25, 0.3) is 11.3 Å². The molecule has 2 N–H and O–H groups in total. The van der Waals surface area contributed by atoms with Crippen molar-refractivity contribution in [1.29, 1.82) is 0 Å². The normalized spacial score (nSPS) is 11.3. The molecule has 0 saturated carbocycles. The lowest BCUT2D eigenvalue weighted by atomic mass is 10.1. The molecule has 0 aliphatic heterocycles. The first-order valence-corrected chi connectivity index (χ1v) is 9.20. The third-order valence-corrected chi connectivity index (χ3v) is 5.51. The number of hydrogen-bond donors (Lipinski definition) is 1. The Hall–Kier alpha value is -3.00. The van der Waals surface area contributed by atoms with Gasteiger partial charge in [-0.1, -0.05) is 17.7 Å². The summed E-state index contributed by atoms with van der Waals surface area (Å²) in [7, 11) is -0.817. The van der Waals surface area contributed by atoms with Crippen molar-refractivity contribution in [3.8, 4) is 22.8 Å². The van der Waals surface area contributed by atoms with Crippen LogP contribution in [0, 0.1) is 6.92 Å². The van der Waals surface area contributed by atoms with Gasteiger partial charge >= 0.3 is 0 Å². The number of methoxy groups -OCH3 is 2. The highest BCUT2D eigenvalue weighted by atomic mass is 32.2. The number of benzene rings is 2. The van der Waals surface area contributed by atoms with E-state index in [-0.39, 0.29) is 10.7 Å². The van der Waals surface area contributed by atoms with Gasteiger partial charge in [0.1, 0.15) is 17.3 Å². The Balaban J connectivity index is 2.09. The number of nitrogen functional groups attached to an aromatic ring is 1. The van der Waals surface area contributed by atoms with Gasteiger partial charge in [-0.25, -0.2) is 0 Å². The van der Waals surface area contributed by atoms with Crippen LogP contribution >= 0.6 is 0 Å². The van der Waals surface area contributed by atoms with Gasteiger partial charge in [0.25, 0.3) is 10.0 Å². The first-order chi connectivity index (χ1) is 12.3. The minimum absolute atomic E-state index is 0.0161. The van der Waals surface area contributed by atoms with E-state index in [2.05, 4.69) is 5.10 Å². The number of aromatic nitrogens is 2. The third-order valence-electron chi connectivity index (χ3n) is 3.90. The van der Waals surface area contributed by atoms with Crippen LogP contribution in [0.5, 0.6) is 11.5 Å². The van der Waals surface area contributed by atoms with Crippen molar-refractivity contribution in [2.24, 2.45) is 0 Å². The Kier molecular flexibility index (Phi) is 4.60. The van der Waals surface area contributed by atoms with Gasteiger partial charge in [-0.15, -0.1) is 4.09 Å². The minimum Gasteiger partial charge on any atom is -0.497 e. The highest BCUT2D eigenvalue weighted by Crippen LogP contribution is 2.31. The molecule has 0 atom stereocenters. The fourth-order valence-corrected chi connectivity index (χ4v) is 3.68. The quantitative estimate of drug-likeness (QED) is 0.739. The molecule has 1 heterocycles. The number of rotatable bonds is 5. The average Bonchev–Trinajstić information content (AvgIpc) is 3.04. The van der Waals surface area contributed by atoms with E-state index in [0.29, 0.717) is 22.8 Å². The molecule has 0 bridgehead atoms. The van der Waals surface area contributed by atoms with Crippen molar-refractivity contribution in [2.75, 3.05) is 20.0 Å². The van der Waals surface area contributed by atoms with Crippen molar-refractivity contribution in [2.45, 2.75) is 11.8 Å². The maximum atomic E-state index is 12.8. The number of nitrogens with zero attached hydrogens (tertiary/aromatic N) is 2. The van der Waals surface area contributed by atoms with Crippen molar-refractivity contribution in [3.05, 3.63) is 54.1 Å². The summed E-state index contributed by atoms with van der Waals surface area (Å²) < 4.78 is 37.0. The summed E-state index contributed by atoms with van der Waals surface area (Å²) in [6.45, 7) is 1.88. The second kappa shape index (κ2) is 6.72. The van der Waals surface area contributed by atoms with E-state index in [1.807, 2.05) is 6.92 Å². The highest BCUT2D eigenvalue weighted by molar-refractivity contribution is 7.90. The molecule has 3 aromatic rings. The molecule has 0 radical (unpaired) electrons. The van der Waals surface area contributed by atoms with E-state index in [0.717, 1.165) is 9.65 Å². The van der Waals surface area contributed by atoms with Crippen molar-refractivity contribution < 1.29 is 17.9 Å². The molecule has 136 valence electrons. The summed E-state index contributed by atoms with van der Waals surface area (Å²) >= 11 is 0. The molecule has 0 spiro atoms. The average molecular weight is 373 g/mol. The van der Waals surface area contributed by atoms with E-state index in [9.17, 15) is 8.42 Å². The van der Waals surface area contributed by atoms with Crippen LogP contribution in [0.2, 0.25) is 0 Å². The van der Waals surface area contributed by atoms with E-state index < -0.39 is 10.0 Å². The highest BCUT2D eigenvalue weighted by Gasteiger charge is 2.22. The number of aryl methyl sites for hydroxylation is 1. The number of nitrogens with two attached hydrogens (primary N) is 1. The summed E-state index contributed by atoms with van der Waals surface area (Å²) in [5, 5.41) is 4.19. The largest absolute Gasteiger partial charge is 0.497 e. The molecule has 0 saturated heterocycles. The van der Waals surface area contributed by atoms with E-state index in [1.165, 1.54) is 32.4 Å². The Labute approximate surface area is 152 Å². The molecule has 2 aromatic carbocycles. The van der Waals surface area contributed by atoms with Crippen LogP contribution in [-0.2, 0) is 10.0 Å². The number of anilines is 1. The fraction of sp³-hybridized carbons (Fsp3) is 0.167. The lowest BCUT2D eigenvalue weighted by Gasteiger charge is -2.07. The first-order valence-electron chi connectivity index (χ1n) is 7.76. The van der Waals surface area contributed by atoms with Crippen molar-refractivity contribution in [3.63, 3.8) is 0 Å². The van der Waals surface area contributed by atoms with Gasteiger partial charge in [0, 0.05) is 17.7 Å². The number of ether oxygens (including phenoxy) is 2. The van der Waals surface area contributed by atoms with Gasteiger partial charge in [-0.2, -0.15) is 13.5 Å². The maximum Gasteiger partial charge on any atom is 0.284 e. The van der Waals surface area contributed by atoms with E-state index in [1.54, 1.807) is 30.3 Å². The molecule has 1 aromatic heterocycles. The van der Waals surface area contributed by atoms with Crippen LogP contribution in [0.3, 0.4) is 0 Å². The van der Waals surface area contributed by atoms with Gasteiger partial charge in [-0.3, -0.25) is 0 Å². The lowest BCUT2D eigenvalue weighted by molar-refractivity contribution is 0.394. The third kappa shape index (κ3) is 3.23. The van der Waals surface area contributed by atoms with Crippen LogP contribution in [-0.4, -0.2) is 31.8 Å². The van der Waals surface area contributed by atoms with Gasteiger partial charge in [0.15, 0.2) is 0 Å². The minimum atomic E-state index is -3.89. The van der Waals surface area contributed by atoms with Gasteiger partial charge < -0.3 is 15.2 Å². The van der Waals surface area contributed by atoms with Gasteiger partial charge in [0.05, 0.1) is 24.8 Å². The predicted octanol–water partition coefficient (Wildman–Crippen LogP) is 2.69. The molecule has 0 aliphatic carbocycles. The molecule has 3 rings (SSSR count). The molecular weight excluding hydrogens is 354 g/mol. The van der Waals surface area contributed by atoms with E-state index >= 15 is 0 Å². The maximum absolute atomic E-state index is 12.8. The van der Waals surface area contributed by atoms with Crippen LogP contribution in [0.15, 0.2) is 53.4 Å². The second-order valence-corrected chi connectivity index (χ2v) is 7.48. The predicted molar refractivity (Wildman–Crippen MR) is 98.9 cm³/mol. The smallest absolute Gasteiger partial charge is 0.284 e. The zero-order valence-electron chi connectivity index (χ0n) is 14.6. The lowest BCUT2D eigenvalue weighted by Crippen LogP contribution is -2.16. The molecular formula is C18H19N3O4S. The van der Waals surface area contributed by atoms with E-state index in [4.69, 9.17) is 15.2 Å². The second-order valence-electron chi connectivity index (χ2n) is 5.72. The first kappa shape index (κ1) is 17.8. The van der Waals surface area contributed by atoms with Crippen molar-refractivity contribution in [1.82, 2.24) is 9.19 Å². The molecule has 0 fully saturated rings.